The van der Waals surface area contributed by atoms with Crippen LogP contribution < -0.4 is 23.3 Å². The Morgan fingerprint density at radius 3 is 2.33 bits per heavy atom. The fraction of sp³-hybridized carbons (Fsp3) is 0.480. The smallest absolute Gasteiger partial charge is 0.232 e. The average Bonchev–Trinajstić information content (AvgIpc) is 3.34. The SMILES string of the molecule is CS(=O)(=O)N(CCCC(=O)N1CCN(Cc2ccc3c(c2)OCO3)CC1)c1ccc2c(c1)OCCO2. The van der Waals surface area contributed by atoms with E-state index in [0.29, 0.717) is 56.3 Å². The molecule has 0 aliphatic carbocycles. The van der Waals surface area contributed by atoms with Crippen LogP contribution >= 0.6 is 0 Å². The molecule has 0 unspecified atom stereocenters. The molecule has 1 amide bonds. The van der Waals surface area contributed by atoms with E-state index in [1.165, 1.54) is 10.6 Å². The van der Waals surface area contributed by atoms with Gasteiger partial charge in [0.1, 0.15) is 13.2 Å². The summed E-state index contributed by atoms with van der Waals surface area (Å²) in [5.74, 6) is 2.74. The van der Waals surface area contributed by atoms with E-state index in [4.69, 9.17) is 18.9 Å². The number of hydrogen-bond acceptors (Lipinski definition) is 8. The highest BCUT2D eigenvalue weighted by Gasteiger charge is 2.24. The number of sulfonamides is 1. The fourth-order valence-corrected chi connectivity index (χ4v) is 5.62. The lowest BCUT2D eigenvalue weighted by Crippen LogP contribution is -2.48. The largest absolute Gasteiger partial charge is 0.486 e. The zero-order chi connectivity index (χ0) is 25.1. The highest BCUT2D eigenvalue weighted by Crippen LogP contribution is 2.35. The quantitative estimate of drug-likeness (QED) is 0.525. The van der Waals surface area contributed by atoms with Crippen molar-refractivity contribution < 1.29 is 32.2 Å². The molecule has 1 saturated heterocycles. The van der Waals surface area contributed by atoms with Gasteiger partial charge >= 0.3 is 0 Å². The maximum Gasteiger partial charge on any atom is 0.232 e. The van der Waals surface area contributed by atoms with Crippen LogP contribution in [0, 0.1) is 0 Å². The lowest BCUT2D eigenvalue weighted by molar-refractivity contribution is -0.133. The molecule has 0 N–H and O–H groups in total. The molecule has 3 aliphatic rings. The molecular formula is C25H31N3O7S. The standard InChI is InChI=1S/C25H31N3O7S/c1-36(30,31)28(20-5-7-21-24(16-20)33-14-13-32-21)8-2-3-25(29)27-11-9-26(10-12-27)17-19-4-6-22-23(15-19)35-18-34-22/h4-7,15-16H,2-3,8-14,17-18H2,1H3. The minimum absolute atomic E-state index is 0.0494. The minimum atomic E-state index is -3.52. The Morgan fingerprint density at radius 1 is 0.889 bits per heavy atom. The van der Waals surface area contributed by atoms with E-state index >= 15 is 0 Å². The van der Waals surface area contributed by atoms with Crippen LogP contribution in [0.25, 0.3) is 0 Å². The summed E-state index contributed by atoms with van der Waals surface area (Å²) in [6.07, 6.45) is 1.89. The third kappa shape index (κ3) is 5.62. The third-order valence-corrected chi connectivity index (χ3v) is 7.73. The zero-order valence-corrected chi connectivity index (χ0v) is 21.2. The van der Waals surface area contributed by atoms with E-state index in [-0.39, 0.29) is 19.2 Å². The lowest BCUT2D eigenvalue weighted by atomic mass is 10.1. The molecule has 194 valence electrons. The summed E-state index contributed by atoms with van der Waals surface area (Å²) in [7, 11) is -3.52. The number of carbonyl (C=O) groups excluding carboxylic acids is 1. The van der Waals surface area contributed by atoms with Gasteiger partial charge in [-0.05, 0) is 36.2 Å². The Hall–Kier alpha value is -3.18. The van der Waals surface area contributed by atoms with Crippen molar-refractivity contribution in [2.24, 2.45) is 0 Å². The van der Waals surface area contributed by atoms with Crippen molar-refractivity contribution >= 4 is 21.6 Å². The topological polar surface area (TPSA) is 97.9 Å². The van der Waals surface area contributed by atoms with E-state index in [1.54, 1.807) is 18.2 Å². The van der Waals surface area contributed by atoms with Gasteiger partial charge in [-0.15, -0.1) is 0 Å². The molecule has 2 aromatic carbocycles. The molecule has 11 heteroatoms. The molecule has 0 saturated carbocycles. The van der Waals surface area contributed by atoms with Crippen molar-refractivity contribution in [1.82, 2.24) is 9.80 Å². The Labute approximate surface area is 211 Å². The van der Waals surface area contributed by atoms with E-state index in [1.807, 2.05) is 23.1 Å². The van der Waals surface area contributed by atoms with Crippen LogP contribution in [0.2, 0.25) is 0 Å². The summed E-state index contributed by atoms with van der Waals surface area (Å²) in [5.41, 5.74) is 1.66. The van der Waals surface area contributed by atoms with Gasteiger partial charge in [-0.1, -0.05) is 6.07 Å². The summed E-state index contributed by atoms with van der Waals surface area (Å²) >= 11 is 0. The summed E-state index contributed by atoms with van der Waals surface area (Å²) in [4.78, 5) is 17.0. The van der Waals surface area contributed by atoms with Gasteiger partial charge in [-0.25, -0.2) is 8.42 Å². The van der Waals surface area contributed by atoms with Gasteiger partial charge in [-0.2, -0.15) is 0 Å². The van der Waals surface area contributed by atoms with Gasteiger partial charge in [0, 0.05) is 51.8 Å². The van der Waals surface area contributed by atoms with E-state index in [0.717, 1.165) is 36.7 Å². The number of hydrogen-bond donors (Lipinski definition) is 0. The van der Waals surface area contributed by atoms with E-state index < -0.39 is 10.0 Å². The highest BCUT2D eigenvalue weighted by molar-refractivity contribution is 7.92. The van der Waals surface area contributed by atoms with Gasteiger partial charge in [0.25, 0.3) is 0 Å². The van der Waals surface area contributed by atoms with Gasteiger partial charge < -0.3 is 23.8 Å². The lowest BCUT2D eigenvalue weighted by Gasteiger charge is -2.35. The molecule has 2 aromatic rings. The summed E-state index contributed by atoms with van der Waals surface area (Å²) < 4.78 is 48.2. The number of benzene rings is 2. The number of ether oxygens (including phenoxy) is 4. The second-order valence-corrected chi connectivity index (χ2v) is 11.0. The second-order valence-electron chi connectivity index (χ2n) is 9.11. The molecule has 10 nitrogen and oxygen atoms in total. The van der Waals surface area contributed by atoms with Gasteiger partial charge in [0.05, 0.1) is 11.9 Å². The Balaban J connectivity index is 1.10. The first kappa shape index (κ1) is 24.5. The van der Waals surface area contributed by atoms with Gasteiger partial charge in [0.15, 0.2) is 23.0 Å². The predicted molar refractivity (Wildman–Crippen MR) is 133 cm³/mol. The van der Waals surface area contributed by atoms with Crippen LogP contribution in [0.1, 0.15) is 18.4 Å². The van der Waals surface area contributed by atoms with Gasteiger partial charge in [0.2, 0.25) is 22.7 Å². The van der Waals surface area contributed by atoms with Crippen LogP contribution in [0.15, 0.2) is 36.4 Å². The Bertz CT molecular complexity index is 1210. The summed E-state index contributed by atoms with van der Waals surface area (Å²) in [6, 6.07) is 11.1. The van der Waals surface area contributed by atoms with Crippen LogP contribution in [0.4, 0.5) is 5.69 Å². The van der Waals surface area contributed by atoms with E-state index in [9.17, 15) is 13.2 Å². The maximum absolute atomic E-state index is 12.8. The van der Waals surface area contributed by atoms with Crippen LogP contribution in [0.3, 0.4) is 0 Å². The molecule has 3 heterocycles. The number of nitrogens with zero attached hydrogens (tertiary/aromatic N) is 3. The van der Waals surface area contributed by atoms with Crippen molar-refractivity contribution in [3.8, 4) is 23.0 Å². The predicted octanol–water partition coefficient (Wildman–Crippen LogP) is 2.08. The van der Waals surface area contributed by atoms with Crippen molar-refractivity contribution in [1.29, 1.82) is 0 Å². The maximum atomic E-state index is 12.8. The molecule has 1 fully saturated rings. The van der Waals surface area contributed by atoms with Crippen molar-refractivity contribution in [2.75, 3.05) is 63.3 Å². The highest BCUT2D eigenvalue weighted by atomic mass is 32.2. The first-order valence-electron chi connectivity index (χ1n) is 12.1. The third-order valence-electron chi connectivity index (χ3n) is 6.53. The Kier molecular flexibility index (Phi) is 7.10. The van der Waals surface area contributed by atoms with Crippen LogP contribution in [-0.4, -0.2) is 83.1 Å². The summed E-state index contributed by atoms with van der Waals surface area (Å²) in [6.45, 7) is 5.04. The molecule has 36 heavy (non-hydrogen) atoms. The minimum Gasteiger partial charge on any atom is -0.486 e. The van der Waals surface area contributed by atoms with Crippen molar-refractivity contribution in [3.05, 3.63) is 42.0 Å². The molecule has 3 aliphatic heterocycles. The monoisotopic (exact) mass is 517 g/mol. The van der Waals surface area contributed by atoms with Crippen molar-refractivity contribution in [3.63, 3.8) is 0 Å². The molecular weight excluding hydrogens is 486 g/mol. The fourth-order valence-electron chi connectivity index (χ4n) is 4.66. The number of amides is 1. The average molecular weight is 518 g/mol. The zero-order valence-electron chi connectivity index (χ0n) is 20.3. The number of fused-ring (bicyclic) bond motifs is 2. The van der Waals surface area contributed by atoms with Crippen LogP contribution in [-0.2, 0) is 21.4 Å². The molecule has 0 radical (unpaired) electrons. The summed E-state index contributed by atoms with van der Waals surface area (Å²) in [5, 5.41) is 0. The number of carbonyl (C=O) groups is 1. The first-order valence-corrected chi connectivity index (χ1v) is 14.0. The number of piperazine rings is 1. The first-order chi connectivity index (χ1) is 17.4. The molecule has 5 rings (SSSR count). The van der Waals surface area contributed by atoms with E-state index in [2.05, 4.69) is 4.90 Å². The van der Waals surface area contributed by atoms with Crippen molar-refractivity contribution in [2.45, 2.75) is 19.4 Å². The second kappa shape index (κ2) is 10.4. The molecule has 0 spiro atoms. The normalized spacial score (nSPS) is 17.2. The molecule has 0 atom stereocenters. The number of anilines is 1. The number of rotatable bonds is 8. The van der Waals surface area contributed by atoms with Crippen LogP contribution in [0.5, 0.6) is 23.0 Å². The Morgan fingerprint density at radius 2 is 1.56 bits per heavy atom. The molecule has 0 bridgehead atoms. The van der Waals surface area contributed by atoms with Gasteiger partial charge in [-0.3, -0.25) is 14.0 Å². The molecule has 0 aromatic heterocycles.